The SMILES string of the molecule is COC(=O)C=C1c2ccccc2N(C(=O)c2ccc(Br)cc2C(F)(F)F)CCC1(F)F. The van der Waals surface area contributed by atoms with Gasteiger partial charge in [-0.15, -0.1) is 0 Å². The molecule has 0 saturated heterocycles. The number of fused-ring (bicyclic) bond motifs is 1. The molecule has 0 saturated carbocycles. The Morgan fingerprint density at radius 1 is 1.16 bits per heavy atom. The van der Waals surface area contributed by atoms with Crippen molar-refractivity contribution in [1.29, 1.82) is 0 Å². The molecule has 2 aromatic carbocycles. The summed E-state index contributed by atoms with van der Waals surface area (Å²) in [5, 5.41) is 0. The lowest BCUT2D eigenvalue weighted by molar-refractivity contribution is -0.138. The van der Waals surface area contributed by atoms with E-state index in [0.717, 1.165) is 24.1 Å². The van der Waals surface area contributed by atoms with Gasteiger partial charge in [0, 0.05) is 34.7 Å². The standard InChI is InChI=1S/C21H15BrF5NO3/c1-31-18(29)11-15-13-4-2-3-5-17(13)28(9-8-20(15,23)24)19(30)14-7-6-12(22)10-16(14)21(25,26)27/h2-7,10-11H,8-9H2,1H3. The fraction of sp³-hybridized carbons (Fsp3) is 0.238. The third-order valence-corrected chi connectivity index (χ3v) is 5.25. The maximum atomic E-state index is 14.9. The van der Waals surface area contributed by atoms with Crippen LogP contribution in [0.15, 0.2) is 53.0 Å². The maximum Gasteiger partial charge on any atom is 0.417 e. The number of carbonyl (C=O) groups is 2. The van der Waals surface area contributed by atoms with Crippen LogP contribution in [0.1, 0.15) is 27.9 Å². The largest absolute Gasteiger partial charge is 0.466 e. The third-order valence-electron chi connectivity index (χ3n) is 4.75. The molecule has 0 atom stereocenters. The summed E-state index contributed by atoms with van der Waals surface area (Å²) in [5.41, 5.74) is -2.71. The van der Waals surface area contributed by atoms with E-state index in [2.05, 4.69) is 20.7 Å². The van der Waals surface area contributed by atoms with E-state index in [1.54, 1.807) is 0 Å². The number of allylic oxidation sites excluding steroid dienone is 1. The van der Waals surface area contributed by atoms with E-state index in [-0.39, 0.29) is 15.7 Å². The van der Waals surface area contributed by atoms with Crippen LogP contribution in [0.4, 0.5) is 27.6 Å². The molecule has 1 heterocycles. The molecule has 1 amide bonds. The third kappa shape index (κ3) is 4.63. The number of nitrogens with zero attached hydrogens (tertiary/aromatic N) is 1. The van der Waals surface area contributed by atoms with Gasteiger partial charge in [0.05, 0.1) is 23.9 Å². The molecule has 0 aromatic heterocycles. The van der Waals surface area contributed by atoms with E-state index in [1.807, 2.05) is 0 Å². The Balaban J connectivity index is 2.18. The van der Waals surface area contributed by atoms with Crippen molar-refractivity contribution in [3.8, 4) is 0 Å². The fourth-order valence-corrected chi connectivity index (χ4v) is 3.66. The summed E-state index contributed by atoms with van der Waals surface area (Å²) in [7, 11) is 1.03. The van der Waals surface area contributed by atoms with Gasteiger partial charge in [-0.3, -0.25) is 4.79 Å². The Bertz CT molecular complexity index is 1070. The van der Waals surface area contributed by atoms with Gasteiger partial charge in [-0.25, -0.2) is 13.6 Å². The van der Waals surface area contributed by atoms with Crippen molar-refractivity contribution in [2.75, 3.05) is 18.6 Å². The number of rotatable bonds is 2. The molecule has 10 heteroatoms. The van der Waals surface area contributed by atoms with Crippen LogP contribution in [0.3, 0.4) is 0 Å². The number of hydrogen-bond donors (Lipinski definition) is 0. The number of carbonyl (C=O) groups excluding carboxylic acids is 2. The van der Waals surface area contributed by atoms with Crippen molar-refractivity contribution in [3.05, 3.63) is 69.7 Å². The summed E-state index contributed by atoms with van der Waals surface area (Å²) in [6.07, 6.45) is -5.10. The van der Waals surface area contributed by atoms with Gasteiger partial charge >= 0.3 is 12.1 Å². The first-order valence-electron chi connectivity index (χ1n) is 8.91. The van der Waals surface area contributed by atoms with Crippen molar-refractivity contribution in [2.45, 2.75) is 18.5 Å². The van der Waals surface area contributed by atoms with Crippen LogP contribution in [0, 0.1) is 0 Å². The molecule has 1 aliphatic heterocycles. The van der Waals surface area contributed by atoms with E-state index in [1.165, 1.54) is 30.3 Å². The van der Waals surface area contributed by atoms with Crippen molar-refractivity contribution >= 4 is 39.1 Å². The highest BCUT2D eigenvalue weighted by Crippen LogP contribution is 2.44. The second-order valence-corrected chi connectivity index (χ2v) is 7.61. The number of para-hydroxylation sites is 1. The Labute approximate surface area is 182 Å². The van der Waals surface area contributed by atoms with Gasteiger partial charge in [0.15, 0.2) is 0 Å². The molecule has 4 nitrogen and oxygen atoms in total. The molecular formula is C21H15BrF5NO3. The molecule has 0 bridgehead atoms. The van der Waals surface area contributed by atoms with Gasteiger partial charge in [-0.05, 0) is 24.3 Å². The molecule has 0 fully saturated rings. The highest BCUT2D eigenvalue weighted by Gasteiger charge is 2.43. The molecule has 0 spiro atoms. The first-order chi connectivity index (χ1) is 14.5. The van der Waals surface area contributed by atoms with Crippen LogP contribution in [-0.4, -0.2) is 31.5 Å². The first-order valence-corrected chi connectivity index (χ1v) is 9.71. The van der Waals surface area contributed by atoms with E-state index in [0.29, 0.717) is 6.08 Å². The number of benzene rings is 2. The van der Waals surface area contributed by atoms with Crippen LogP contribution in [-0.2, 0) is 15.7 Å². The van der Waals surface area contributed by atoms with Gasteiger partial charge in [0.25, 0.3) is 11.8 Å². The maximum absolute atomic E-state index is 14.9. The topological polar surface area (TPSA) is 46.6 Å². The smallest absolute Gasteiger partial charge is 0.417 e. The summed E-state index contributed by atoms with van der Waals surface area (Å²) in [6.45, 7) is -0.561. The van der Waals surface area contributed by atoms with E-state index < -0.39 is 53.6 Å². The molecule has 2 aromatic rings. The lowest BCUT2D eigenvalue weighted by Gasteiger charge is -2.24. The summed E-state index contributed by atoms with van der Waals surface area (Å²) in [4.78, 5) is 25.7. The second-order valence-electron chi connectivity index (χ2n) is 6.70. The molecule has 0 unspecified atom stereocenters. The second kappa shape index (κ2) is 8.41. The zero-order chi connectivity index (χ0) is 23.0. The number of halogens is 6. The average molecular weight is 504 g/mol. The van der Waals surface area contributed by atoms with Gasteiger partial charge in [-0.1, -0.05) is 34.1 Å². The number of ether oxygens (including phenoxy) is 1. The van der Waals surface area contributed by atoms with E-state index in [4.69, 9.17) is 0 Å². The van der Waals surface area contributed by atoms with Gasteiger partial charge in [-0.2, -0.15) is 13.2 Å². The Hall–Kier alpha value is -2.75. The number of anilines is 1. The van der Waals surface area contributed by atoms with Gasteiger partial charge in [0.2, 0.25) is 0 Å². The minimum Gasteiger partial charge on any atom is -0.466 e. The zero-order valence-electron chi connectivity index (χ0n) is 16.0. The quantitative estimate of drug-likeness (QED) is 0.299. The van der Waals surface area contributed by atoms with Crippen molar-refractivity contribution in [1.82, 2.24) is 0 Å². The van der Waals surface area contributed by atoms with E-state index in [9.17, 15) is 31.5 Å². The van der Waals surface area contributed by atoms with Crippen molar-refractivity contribution in [3.63, 3.8) is 0 Å². The molecule has 0 radical (unpaired) electrons. The molecule has 1 aliphatic rings. The number of esters is 1. The molecular weight excluding hydrogens is 489 g/mol. The Morgan fingerprint density at radius 3 is 2.48 bits per heavy atom. The number of hydrogen-bond acceptors (Lipinski definition) is 3. The Morgan fingerprint density at radius 2 is 1.84 bits per heavy atom. The van der Waals surface area contributed by atoms with Crippen LogP contribution >= 0.6 is 15.9 Å². The van der Waals surface area contributed by atoms with Crippen LogP contribution in [0.2, 0.25) is 0 Å². The monoisotopic (exact) mass is 503 g/mol. The first kappa shape index (κ1) is 22.9. The lowest BCUT2D eigenvalue weighted by Crippen LogP contribution is -2.34. The lowest BCUT2D eigenvalue weighted by atomic mass is 9.97. The van der Waals surface area contributed by atoms with Crippen LogP contribution < -0.4 is 4.90 Å². The predicted octanol–water partition coefficient (Wildman–Crippen LogP) is 5.71. The molecule has 31 heavy (non-hydrogen) atoms. The minimum atomic E-state index is -4.83. The highest BCUT2D eigenvalue weighted by atomic mass is 79.9. The Kier molecular flexibility index (Phi) is 6.22. The normalized spacial score (nSPS) is 17.1. The minimum absolute atomic E-state index is 0.0316. The van der Waals surface area contributed by atoms with Crippen molar-refractivity contribution < 1.29 is 36.3 Å². The average Bonchev–Trinajstić information content (AvgIpc) is 2.81. The molecule has 0 aliphatic carbocycles. The molecule has 164 valence electrons. The van der Waals surface area contributed by atoms with Crippen molar-refractivity contribution in [2.24, 2.45) is 0 Å². The fourth-order valence-electron chi connectivity index (χ4n) is 3.30. The van der Waals surface area contributed by atoms with Gasteiger partial charge in [0.1, 0.15) is 0 Å². The predicted molar refractivity (Wildman–Crippen MR) is 107 cm³/mol. The summed E-state index contributed by atoms with van der Waals surface area (Å²) in [5.74, 6) is -5.62. The number of alkyl halides is 5. The highest BCUT2D eigenvalue weighted by molar-refractivity contribution is 9.10. The molecule has 0 N–H and O–H groups in total. The zero-order valence-corrected chi connectivity index (χ0v) is 17.6. The number of methoxy groups -OCH3 is 1. The van der Waals surface area contributed by atoms with E-state index >= 15 is 0 Å². The summed E-state index contributed by atoms with van der Waals surface area (Å²) in [6, 6.07) is 8.52. The molecule has 3 rings (SSSR count). The van der Waals surface area contributed by atoms with Gasteiger partial charge < -0.3 is 9.64 Å². The summed E-state index contributed by atoms with van der Waals surface area (Å²) >= 11 is 2.95. The van der Waals surface area contributed by atoms with Crippen LogP contribution in [0.25, 0.3) is 5.57 Å². The summed E-state index contributed by atoms with van der Waals surface area (Å²) < 4.78 is 74.9. The number of amides is 1. The van der Waals surface area contributed by atoms with Crippen LogP contribution in [0.5, 0.6) is 0 Å².